The number of anilines is 1. The van der Waals surface area contributed by atoms with Gasteiger partial charge in [0.15, 0.2) is 11.5 Å². The lowest BCUT2D eigenvalue weighted by molar-refractivity contribution is -0.384. The highest BCUT2D eigenvalue weighted by molar-refractivity contribution is 9.10. The Morgan fingerprint density at radius 1 is 1.19 bits per heavy atom. The summed E-state index contributed by atoms with van der Waals surface area (Å²) in [6, 6.07) is 14.7. The number of carbonyl (C=O) groups excluding carboxylic acids is 1. The van der Waals surface area contributed by atoms with Crippen LogP contribution in [0.3, 0.4) is 0 Å². The molecule has 37 heavy (non-hydrogen) atoms. The van der Waals surface area contributed by atoms with Crippen molar-refractivity contribution in [1.82, 2.24) is 0 Å². The van der Waals surface area contributed by atoms with Crippen LogP contribution in [0.4, 0.5) is 24.5 Å². The quantitative estimate of drug-likeness (QED) is 0.142. The largest absolute Gasteiger partial charge is 0.493 e. The molecule has 0 bridgehead atoms. The first-order chi connectivity index (χ1) is 17.5. The average Bonchev–Trinajstić information content (AvgIpc) is 2.86. The summed E-state index contributed by atoms with van der Waals surface area (Å²) in [6.07, 6.45) is -3.35. The standard InChI is InChI=1S/C25H17BrF3N3O5/c1-36-22-11-16(10-21(26)23(22)37-14-15-4-2-7-20(9-15)32(34)35)8-17(13-30)24(33)31-19-6-3-5-18(12-19)25(27,28)29/h2-12H,14H2,1H3,(H,31,33)/b17-8+. The van der Waals surface area contributed by atoms with E-state index >= 15 is 0 Å². The van der Waals surface area contributed by atoms with Gasteiger partial charge in [-0.25, -0.2) is 0 Å². The predicted octanol–water partition coefficient (Wildman–Crippen LogP) is 6.51. The molecule has 0 heterocycles. The first-order valence-corrected chi connectivity index (χ1v) is 11.1. The summed E-state index contributed by atoms with van der Waals surface area (Å²) < 4.78 is 50.3. The zero-order valence-corrected chi connectivity index (χ0v) is 20.6. The zero-order chi connectivity index (χ0) is 27.2. The van der Waals surface area contributed by atoms with Gasteiger partial charge in [-0.15, -0.1) is 0 Å². The second-order valence-corrected chi connectivity index (χ2v) is 8.31. The fourth-order valence-corrected chi connectivity index (χ4v) is 3.74. The third-order valence-corrected chi connectivity index (χ3v) is 5.47. The monoisotopic (exact) mass is 575 g/mol. The molecule has 3 aromatic carbocycles. The van der Waals surface area contributed by atoms with Gasteiger partial charge in [0.1, 0.15) is 18.2 Å². The molecule has 0 aliphatic rings. The van der Waals surface area contributed by atoms with Crippen molar-refractivity contribution in [3.63, 3.8) is 0 Å². The molecule has 0 aromatic heterocycles. The van der Waals surface area contributed by atoms with Gasteiger partial charge in [-0.1, -0.05) is 18.2 Å². The smallest absolute Gasteiger partial charge is 0.416 e. The second-order valence-electron chi connectivity index (χ2n) is 7.45. The Morgan fingerprint density at radius 3 is 2.57 bits per heavy atom. The molecule has 0 atom stereocenters. The highest BCUT2D eigenvalue weighted by Crippen LogP contribution is 2.38. The minimum atomic E-state index is -4.59. The highest BCUT2D eigenvalue weighted by Gasteiger charge is 2.30. The van der Waals surface area contributed by atoms with Crippen molar-refractivity contribution >= 4 is 39.3 Å². The molecule has 0 aliphatic heterocycles. The fraction of sp³-hybridized carbons (Fsp3) is 0.120. The number of benzene rings is 3. The van der Waals surface area contributed by atoms with Gasteiger partial charge < -0.3 is 14.8 Å². The van der Waals surface area contributed by atoms with Gasteiger partial charge in [0.05, 0.1) is 22.1 Å². The Bertz CT molecular complexity index is 1420. The Kier molecular flexibility index (Phi) is 8.52. The molecule has 3 rings (SSSR count). The number of alkyl halides is 3. The number of hydrogen-bond acceptors (Lipinski definition) is 6. The number of nitrogens with one attached hydrogen (secondary N) is 1. The van der Waals surface area contributed by atoms with E-state index < -0.39 is 22.6 Å². The molecule has 3 aromatic rings. The molecule has 12 heteroatoms. The molecule has 0 radical (unpaired) electrons. The number of ether oxygens (including phenoxy) is 2. The van der Waals surface area contributed by atoms with Gasteiger partial charge in [0.25, 0.3) is 11.6 Å². The minimum absolute atomic E-state index is 0.00529. The number of methoxy groups -OCH3 is 1. The summed E-state index contributed by atoms with van der Waals surface area (Å²) in [5.74, 6) is -0.386. The molecule has 8 nitrogen and oxygen atoms in total. The van der Waals surface area contributed by atoms with Gasteiger partial charge in [-0.2, -0.15) is 18.4 Å². The molecular weight excluding hydrogens is 559 g/mol. The number of rotatable bonds is 8. The summed E-state index contributed by atoms with van der Waals surface area (Å²) in [5, 5.41) is 22.7. The SMILES string of the molecule is COc1cc(/C=C(\C#N)C(=O)Nc2cccc(C(F)(F)F)c2)cc(Br)c1OCc1cccc([N+](=O)[O-])c1. The van der Waals surface area contributed by atoms with Gasteiger partial charge in [0, 0.05) is 17.8 Å². The lowest BCUT2D eigenvalue weighted by atomic mass is 10.1. The number of nitrogens with zero attached hydrogens (tertiary/aromatic N) is 2. The summed E-state index contributed by atoms with van der Waals surface area (Å²) in [4.78, 5) is 23.0. The maximum atomic E-state index is 12.9. The zero-order valence-electron chi connectivity index (χ0n) is 19.0. The van der Waals surface area contributed by atoms with Crippen molar-refractivity contribution in [3.8, 4) is 17.6 Å². The van der Waals surface area contributed by atoms with E-state index in [-0.39, 0.29) is 35.1 Å². The number of halogens is 4. The molecule has 0 spiro atoms. The van der Waals surface area contributed by atoms with Crippen LogP contribution in [0.25, 0.3) is 6.08 Å². The number of non-ortho nitro benzene ring substituents is 1. The molecule has 0 saturated heterocycles. The van der Waals surface area contributed by atoms with Crippen molar-refractivity contribution in [2.24, 2.45) is 0 Å². The number of nitro benzene ring substituents is 1. The minimum Gasteiger partial charge on any atom is -0.493 e. The lowest BCUT2D eigenvalue weighted by Crippen LogP contribution is -2.14. The Labute approximate surface area is 217 Å². The van der Waals surface area contributed by atoms with E-state index in [1.165, 1.54) is 43.5 Å². The Hall–Kier alpha value is -4.37. The van der Waals surface area contributed by atoms with Crippen LogP contribution >= 0.6 is 15.9 Å². The number of nitriles is 1. The van der Waals surface area contributed by atoms with E-state index in [1.54, 1.807) is 18.2 Å². The van der Waals surface area contributed by atoms with Crippen LogP contribution in [0.15, 0.2) is 70.7 Å². The average molecular weight is 576 g/mol. The van der Waals surface area contributed by atoms with Crippen LogP contribution in [-0.2, 0) is 17.6 Å². The van der Waals surface area contributed by atoms with E-state index in [4.69, 9.17) is 9.47 Å². The van der Waals surface area contributed by atoms with E-state index in [9.17, 15) is 33.3 Å². The van der Waals surface area contributed by atoms with E-state index in [0.717, 1.165) is 18.2 Å². The van der Waals surface area contributed by atoms with Gasteiger partial charge in [-0.3, -0.25) is 14.9 Å². The van der Waals surface area contributed by atoms with Crippen LogP contribution in [0.2, 0.25) is 0 Å². The van der Waals surface area contributed by atoms with Gasteiger partial charge >= 0.3 is 6.18 Å². The first-order valence-electron chi connectivity index (χ1n) is 10.4. The molecule has 0 fully saturated rings. The fourth-order valence-electron chi connectivity index (χ4n) is 3.17. The van der Waals surface area contributed by atoms with Crippen molar-refractivity contribution < 1.29 is 32.4 Å². The van der Waals surface area contributed by atoms with Gasteiger partial charge in [0.2, 0.25) is 0 Å². The van der Waals surface area contributed by atoms with Crippen LogP contribution in [0.1, 0.15) is 16.7 Å². The van der Waals surface area contributed by atoms with Crippen LogP contribution in [-0.4, -0.2) is 17.9 Å². The summed E-state index contributed by atoms with van der Waals surface area (Å²) in [7, 11) is 1.38. The van der Waals surface area contributed by atoms with Crippen molar-refractivity contribution in [2.75, 3.05) is 12.4 Å². The lowest BCUT2D eigenvalue weighted by Gasteiger charge is -2.14. The number of carbonyl (C=O) groups is 1. The molecule has 1 N–H and O–H groups in total. The third-order valence-electron chi connectivity index (χ3n) is 4.88. The number of hydrogen-bond donors (Lipinski definition) is 1. The van der Waals surface area contributed by atoms with E-state index in [0.29, 0.717) is 15.6 Å². The van der Waals surface area contributed by atoms with E-state index in [2.05, 4.69) is 21.2 Å². The van der Waals surface area contributed by atoms with Crippen LogP contribution in [0.5, 0.6) is 11.5 Å². The maximum Gasteiger partial charge on any atom is 0.416 e. The van der Waals surface area contributed by atoms with Crippen molar-refractivity contribution in [1.29, 1.82) is 5.26 Å². The van der Waals surface area contributed by atoms with E-state index in [1.807, 2.05) is 0 Å². The van der Waals surface area contributed by atoms with Crippen LogP contribution < -0.4 is 14.8 Å². The Balaban J connectivity index is 1.82. The summed E-state index contributed by atoms with van der Waals surface area (Å²) >= 11 is 3.35. The molecule has 1 amide bonds. The topological polar surface area (TPSA) is 114 Å². The molecule has 190 valence electrons. The first kappa shape index (κ1) is 27.2. The summed E-state index contributed by atoms with van der Waals surface area (Å²) in [6.45, 7) is -0.00529. The number of nitro groups is 1. The molecular formula is C25H17BrF3N3O5. The normalized spacial score (nSPS) is 11.4. The Morgan fingerprint density at radius 2 is 1.92 bits per heavy atom. The molecule has 0 saturated carbocycles. The van der Waals surface area contributed by atoms with Crippen molar-refractivity contribution in [2.45, 2.75) is 12.8 Å². The summed E-state index contributed by atoms with van der Waals surface area (Å²) in [5.41, 5.74) is -0.601. The van der Waals surface area contributed by atoms with Crippen molar-refractivity contribution in [3.05, 3.63) is 97.5 Å². The number of amides is 1. The molecule has 0 aliphatic carbocycles. The van der Waals surface area contributed by atoms with Gasteiger partial charge in [-0.05, 0) is 63.5 Å². The van der Waals surface area contributed by atoms with Crippen LogP contribution in [0, 0.1) is 21.4 Å². The maximum absolute atomic E-state index is 12.9. The third kappa shape index (κ3) is 7.08. The molecule has 0 unspecified atom stereocenters. The second kappa shape index (κ2) is 11.6. The highest BCUT2D eigenvalue weighted by atomic mass is 79.9. The predicted molar refractivity (Wildman–Crippen MR) is 132 cm³/mol.